The number of nitrogens with zero attached hydrogens (tertiary/aromatic N) is 2. The van der Waals surface area contributed by atoms with E-state index in [0.717, 1.165) is 18.5 Å². The summed E-state index contributed by atoms with van der Waals surface area (Å²) in [5.74, 6) is -0.102. The van der Waals surface area contributed by atoms with Crippen LogP contribution in [0.15, 0.2) is 30.3 Å². The molecule has 1 atom stereocenters. The van der Waals surface area contributed by atoms with Crippen molar-refractivity contribution in [3.63, 3.8) is 0 Å². The van der Waals surface area contributed by atoms with Crippen molar-refractivity contribution in [3.8, 4) is 6.07 Å². The Hall–Kier alpha value is -1.86. The van der Waals surface area contributed by atoms with Gasteiger partial charge in [-0.3, -0.25) is 4.79 Å². The standard InChI is InChI=1S/C15H21N3O/c1-2-3-10-14(17)15(19)18(12-7-11-16)13-8-5-4-6-9-13/h4-6,8-9,14H,2-3,7,10,12,17H2,1H3/t14-/m0/s1. The van der Waals surface area contributed by atoms with Gasteiger partial charge in [-0.2, -0.15) is 5.26 Å². The number of anilines is 1. The molecule has 1 aromatic rings. The largest absolute Gasteiger partial charge is 0.320 e. The number of unbranched alkanes of at least 4 members (excludes halogenated alkanes) is 1. The third kappa shape index (κ3) is 4.72. The average molecular weight is 259 g/mol. The lowest BCUT2D eigenvalue weighted by molar-refractivity contribution is -0.120. The summed E-state index contributed by atoms with van der Waals surface area (Å²) in [6.45, 7) is 2.46. The SMILES string of the molecule is CCCC[C@H](N)C(=O)N(CCC#N)c1ccccc1. The predicted molar refractivity (Wildman–Crippen MR) is 76.5 cm³/mol. The molecule has 0 unspecified atom stereocenters. The van der Waals surface area contributed by atoms with E-state index in [4.69, 9.17) is 11.0 Å². The third-order valence-electron chi connectivity index (χ3n) is 2.97. The highest BCUT2D eigenvalue weighted by atomic mass is 16.2. The molecule has 0 bridgehead atoms. The Balaban J connectivity index is 2.79. The van der Waals surface area contributed by atoms with Gasteiger partial charge in [0, 0.05) is 12.2 Å². The van der Waals surface area contributed by atoms with Crippen LogP contribution in [0.25, 0.3) is 0 Å². The highest BCUT2D eigenvalue weighted by Crippen LogP contribution is 2.16. The van der Waals surface area contributed by atoms with Crippen molar-refractivity contribution in [2.45, 2.75) is 38.6 Å². The smallest absolute Gasteiger partial charge is 0.243 e. The van der Waals surface area contributed by atoms with Crippen molar-refractivity contribution in [3.05, 3.63) is 30.3 Å². The second-order valence-corrected chi connectivity index (χ2v) is 4.48. The monoisotopic (exact) mass is 259 g/mol. The van der Waals surface area contributed by atoms with Crippen molar-refractivity contribution in [1.82, 2.24) is 0 Å². The summed E-state index contributed by atoms with van der Waals surface area (Å²) in [7, 11) is 0. The second-order valence-electron chi connectivity index (χ2n) is 4.48. The molecular formula is C15H21N3O. The van der Waals surface area contributed by atoms with Gasteiger partial charge in [-0.05, 0) is 18.6 Å². The van der Waals surface area contributed by atoms with E-state index < -0.39 is 6.04 Å². The summed E-state index contributed by atoms with van der Waals surface area (Å²) >= 11 is 0. The summed E-state index contributed by atoms with van der Waals surface area (Å²) in [6.07, 6.45) is 2.95. The van der Waals surface area contributed by atoms with E-state index in [1.54, 1.807) is 4.90 Å². The number of amides is 1. The Kier molecular flexibility index (Phi) is 6.62. The maximum absolute atomic E-state index is 12.3. The quantitative estimate of drug-likeness (QED) is 0.817. The summed E-state index contributed by atoms with van der Waals surface area (Å²) in [5.41, 5.74) is 6.74. The van der Waals surface area contributed by atoms with Crippen molar-refractivity contribution in [1.29, 1.82) is 5.26 Å². The van der Waals surface area contributed by atoms with E-state index in [-0.39, 0.29) is 5.91 Å². The summed E-state index contributed by atoms with van der Waals surface area (Å²) in [4.78, 5) is 14.0. The molecule has 102 valence electrons. The first-order valence-corrected chi connectivity index (χ1v) is 6.69. The Morgan fingerprint density at radius 2 is 2.11 bits per heavy atom. The van der Waals surface area contributed by atoms with Crippen LogP contribution in [0.2, 0.25) is 0 Å². The number of para-hydroxylation sites is 1. The second kappa shape index (κ2) is 8.28. The van der Waals surface area contributed by atoms with E-state index in [9.17, 15) is 4.79 Å². The highest BCUT2D eigenvalue weighted by Gasteiger charge is 2.21. The maximum Gasteiger partial charge on any atom is 0.243 e. The van der Waals surface area contributed by atoms with Gasteiger partial charge in [-0.1, -0.05) is 38.0 Å². The van der Waals surface area contributed by atoms with Crippen molar-refractivity contribution in [2.75, 3.05) is 11.4 Å². The van der Waals surface area contributed by atoms with Gasteiger partial charge in [-0.15, -0.1) is 0 Å². The highest BCUT2D eigenvalue weighted by molar-refractivity contribution is 5.97. The first-order valence-electron chi connectivity index (χ1n) is 6.69. The molecule has 0 spiro atoms. The Labute approximate surface area is 114 Å². The molecule has 0 saturated carbocycles. The van der Waals surface area contributed by atoms with Gasteiger partial charge in [0.05, 0.1) is 18.5 Å². The van der Waals surface area contributed by atoms with Crippen LogP contribution in [0.4, 0.5) is 5.69 Å². The first-order chi connectivity index (χ1) is 9.20. The summed E-state index contributed by atoms with van der Waals surface area (Å²) in [5, 5.41) is 8.70. The van der Waals surface area contributed by atoms with E-state index >= 15 is 0 Å². The van der Waals surface area contributed by atoms with Gasteiger partial charge >= 0.3 is 0 Å². The molecule has 19 heavy (non-hydrogen) atoms. The number of nitrogens with two attached hydrogens (primary N) is 1. The molecule has 0 fully saturated rings. The molecule has 0 aliphatic heterocycles. The summed E-state index contributed by atoms with van der Waals surface area (Å²) < 4.78 is 0. The lowest BCUT2D eigenvalue weighted by Crippen LogP contribution is -2.44. The molecule has 2 N–H and O–H groups in total. The number of hydrogen-bond donors (Lipinski definition) is 1. The minimum absolute atomic E-state index is 0.102. The number of benzene rings is 1. The molecule has 1 amide bonds. The number of nitriles is 1. The summed E-state index contributed by atoms with van der Waals surface area (Å²) in [6, 6.07) is 11.0. The van der Waals surface area contributed by atoms with E-state index in [2.05, 4.69) is 13.0 Å². The predicted octanol–water partition coefficient (Wildman–Crippen LogP) is 2.45. The Morgan fingerprint density at radius 3 is 2.68 bits per heavy atom. The topological polar surface area (TPSA) is 70.1 Å². The lowest BCUT2D eigenvalue weighted by atomic mass is 10.1. The van der Waals surface area contributed by atoms with Crippen LogP contribution in [0.1, 0.15) is 32.6 Å². The molecule has 1 aromatic carbocycles. The minimum Gasteiger partial charge on any atom is -0.320 e. The van der Waals surface area contributed by atoms with E-state index in [1.165, 1.54) is 0 Å². The Bertz CT molecular complexity index is 425. The zero-order valence-electron chi connectivity index (χ0n) is 11.4. The van der Waals surface area contributed by atoms with Crippen LogP contribution in [0.3, 0.4) is 0 Å². The molecule has 4 heteroatoms. The van der Waals surface area contributed by atoms with Crippen molar-refractivity contribution >= 4 is 11.6 Å². The minimum atomic E-state index is -0.487. The molecule has 0 aliphatic carbocycles. The van der Waals surface area contributed by atoms with Crippen LogP contribution < -0.4 is 10.6 Å². The lowest BCUT2D eigenvalue weighted by Gasteiger charge is -2.25. The molecular weight excluding hydrogens is 238 g/mol. The molecule has 1 rings (SSSR count). The maximum atomic E-state index is 12.3. The van der Waals surface area contributed by atoms with Crippen LogP contribution in [-0.2, 0) is 4.79 Å². The number of hydrogen-bond acceptors (Lipinski definition) is 3. The average Bonchev–Trinajstić information content (AvgIpc) is 2.46. The van der Waals surface area contributed by atoms with Gasteiger partial charge in [0.15, 0.2) is 0 Å². The van der Waals surface area contributed by atoms with Crippen LogP contribution in [0, 0.1) is 11.3 Å². The van der Waals surface area contributed by atoms with Gasteiger partial charge in [0.25, 0.3) is 0 Å². The Morgan fingerprint density at radius 1 is 1.42 bits per heavy atom. The van der Waals surface area contributed by atoms with Crippen molar-refractivity contribution < 1.29 is 4.79 Å². The molecule has 0 saturated heterocycles. The van der Waals surface area contributed by atoms with Crippen molar-refractivity contribution in [2.24, 2.45) is 5.73 Å². The van der Waals surface area contributed by atoms with Crippen LogP contribution >= 0.6 is 0 Å². The van der Waals surface area contributed by atoms with Gasteiger partial charge in [0.2, 0.25) is 5.91 Å². The molecule has 0 aliphatic rings. The normalized spacial score (nSPS) is 11.6. The molecule has 0 radical (unpaired) electrons. The van der Waals surface area contributed by atoms with Gasteiger partial charge < -0.3 is 10.6 Å². The number of rotatable bonds is 7. The fourth-order valence-corrected chi connectivity index (χ4v) is 1.88. The van der Waals surface area contributed by atoms with Crippen LogP contribution in [-0.4, -0.2) is 18.5 Å². The van der Waals surface area contributed by atoms with Gasteiger partial charge in [0.1, 0.15) is 0 Å². The number of carbonyl (C=O) groups excluding carboxylic acids is 1. The van der Waals surface area contributed by atoms with Crippen LogP contribution in [0.5, 0.6) is 0 Å². The zero-order valence-corrected chi connectivity index (χ0v) is 11.4. The van der Waals surface area contributed by atoms with E-state index in [0.29, 0.717) is 19.4 Å². The van der Waals surface area contributed by atoms with E-state index in [1.807, 2.05) is 30.3 Å². The first kappa shape index (κ1) is 15.2. The fourth-order valence-electron chi connectivity index (χ4n) is 1.88. The number of carbonyl (C=O) groups is 1. The fraction of sp³-hybridized carbons (Fsp3) is 0.467. The molecule has 0 heterocycles. The third-order valence-corrected chi connectivity index (χ3v) is 2.97. The zero-order chi connectivity index (χ0) is 14.1. The molecule has 4 nitrogen and oxygen atoms in total. The van der Waals surface area contributed by atoms with Gasteiger partial charge in [-0.25, -0.2) is 0 Å². The molecule has 0 aromatic heterocycles.